The highest BCUT2D eigenvalue weighted by Crippen LogP contribution is 2.35. The largest absolute Gasteiger partial charge is 0.493 e. The number of nitrogens with one attached hydrogen (secondary N) is 2. The normalized spacial score (nSPS) is 11.9. The quantitative estimate of drug-likeness (QED) is 0.706. The van der Waals surface area contributed by atoms with Crippen molar-refractivity contribution in [3.8, 4) is 11.5 Å². The molecule has 2 aromatic carbocycles. The number of benzene rings is 2. The van der Waals surface area contributed by atoms with Crippen LogP contribution in [-0.4, -0.2) is 25.1 Å². The van der Waals surface area contributed by atoms with E-state index in [0.29, 0.717) is 16.9 Å². The standard InChI is InChI=1S/C21H21FN2O4/c1-11-14(7-8-18(27-3)20(11)28-4)12(2)23-21(26)16-10-19(25)24-17-9-13(22)5-6-15(16)17/h5-10,12H,1-4H3,(H,23,26)(H,24,25). The van der Waals surface area contributed by atoms with E-state index in [-0.39, 0.29) is 17.1 Å². The van der Waals surface area contributed by atoms with E-state index in [1.165, 1.54) is 24.3 Å². The summed E-state index contributed by atoms with van der Waals surface area (Å²) in [6.07, 6.45) is 0. The average Bonchev–Trinajstić information content (AvgIpc) is 2.66. The van der Waals surface area contributed by atoms with Gasteiger partial charge in [-0.15, -0.1) is 0 Å². The van der Waals surface area contributed by atoms with Crippen molar-refractivity contribution < 1.29 is 18.7 Å². The minimum absolute atomic E-state index is 0.184. The lowest BCUT2D eigenvalue weighted by Crippen LogP contribution is -2.28. The fourth-order valence-corrected chi connectivity index (χ4v) is 3.34. The molecule has 0 spiro atoms. The topological polar surface area (TPSA) is 80.4 Å². The second-order valence-electron chi connectivity index (χ2n) is 6.45. The fourth-order valence-electron chi connectivity index (χ4n) is 3.34. The van der Waals surface area contributed by atoms with Gasteiger partial charge in [0.25, 0.3) is 5.91 Å². The summed E-state index contributed by atoms with van der Waals surface area (Å²) in [7, 11) is 3.11. The Bertz CT molecular complexity index is 1110. The van der Waals surface area contributed by atoms with Crippen LogP contribution < -0.4 is 20.3 Å². The van der Waals surface area contributed by atoms with Crippen LogP contribution in [0, 0.1) is 12.7 Å². The van der Waals surface area contributed by atoms with E-state index in [9.17, 15) is 14.0 Å². The molecule has 0 saturated carbocycles. The molecule has 0 radical (unpaired) electrons. The molecule has 28 heavy (non-hydrogen) atoms. The highest BCUT2D eigenvalue weighted by Gasteiger charge is 2.19. The lowest BCUT2D eigenvalue weighted by atomic mass is 10.00. The predicted molar refractivity (Wildman–Crippen MR) is 105 cm³/mol. The van der Waals surface area contributed by atoms with E-state index >= 15 is 0 Å². The van der Waals surface area contributed by atoms with Crippen LogP contribution in [0.15, 0.2) is 41.2 Å². The molecule has 7 heteroatoms. The van der Waals surface area contributed by atoms with Crippen molar-refractivity contribution in [2.24, 2.45) is 0 Å². The Kier molecular flexibility index (Phi) is 5.35. The maximum Gasteiger partial charge on any atom is 0.252 e. The Hall–Kier alpha value is -3.35. The number of fused-ring (bicyclic) bond motifs is 1. The Morgan fingerprint density at radius 1 is 1.14 bits per heavy atom. The molecule has 0 bridgehead atoms. The molecule has 1 heterocycles. The third-order valence-electron chi connectivity index (χ3n) is 4.70. The number of carbonyl (C=O) groups excluding carboxylic acids is 1. The zero-order chi connectivity index (χ0) is 20.4. The first-order valence-corrected chi connectivity index (χ1v) is 8.70. The molecule has 1 atom stereocenters. The van der Waals surface area contributed by atoms with Gasteiger partial charge >= 0.3 is 0 Å². The average molecular weight is 384 g/mol. The molecule has 0 aliphatic carbocycles. The van der Waals surface area contributed by atoms with E-state index in [1.807, 2.05) is 19.9 Å². The van der Waals surface area contributed by atoms with E-state index in [0.717, 1.165) is 11.1 Å². The summed E-state index contributed by atoms with van der Waals surface area (Å²) in [6, 6.07) is 8.39. The maximum atomic E-state index is 13.5. The van der Waals surface area contributed by atoms with Gasteiger partial charge in [0.2, 0.25) is 5.56 Å². The molecule has 2 N–H and O–H groups in total. The van der Waals surface area contributed by atoms with Crippen LogP contribution in [0.3, 0.4) is 0 Å². The number of ether oxygens (including phenoxy) is 2. The lowest BCUT2D eigenvalue weighted by Gasteiger charge is -2.20. The summed E-state index contributed by atoms with van der Waals surface area (Å²) in [5.41, 5.74) is 1.67. The third kappa shape index (κ3) is 3.55. The summed E-state index contributed by atoms with van der Waals surface area (Å²) >= 11 is 0. The van der Waals surface area contributed by atoms with Crippen LogP contribution in [0.25, 0.3) is 10.9 Å². The van der Waals surface area contributed by atoms with Crippen LogP contribution >= 0.6 is 0 Å². The summed E-state index contributed by atoms with van der Waals surface area (Å²) in [4.78, 5) is 27.3. The molecule has 1 unspecified atom stereocenters. The molecule has 146 valence electrons. The Labute approximate surface area is 161 Å². The highest BCUT2D eigenvalue weighted by atomic mass is 19.1. The van der Waals surface area contributed by atoms with Gasteiger partial charge < -0.3 is 19.8 Å². The van der Waals surface area contributed by atoms with Crippen LogP contribution in [0.4, 0.5) is 4.39 Å². The van der Waals surface area contributed by atoms with Crippen LogP contribution in [-0.2, 0) is 0 Å². The summed E-state index contributed by atoms with van der Waals surface area (Å²) < 4.78 is 24.2. The van der Waals surface area contributed by atoms with Crippen molar-refractivity contribution in [1.29, 1.82) is 0 Å². The smallest absolute Gasteiger partial charge is 0.252 e. The second-order valence-corrected chi connectivity index (χ2v) is 6.45. The minimum Gasteiger partial charge on any atom is -0.493 e. The first-order chi connectivity index (χ1) is 13.3. The molecule has 6 nitrogen and oxygen atoms in total. The van der Waals surface area contributed by atoms with Crippen molar-refractivity contribution in [2.45, 2.75) is 19.9 Å². The van der Waals surface area contributed by atoms with Gasteiger partial charge in [-0.1, -0.05) is 6.07 Å². The molecule has 1 aromatic heterocycles. The van der Waals surface area contributed by atoms with Crippen LogP contribution in [0.2, 0.25) is 0 Å². The SMILES string of the molecule is COc1ccc(C(C)NC(=O)c2cc(=O)[nH]c3cc(F)ccc23)c(C)c1OC. The fraction of sp³-hybridized carbons (Fsp3) is 0.238. The molecule has 0 aliphatic heterocycles. The molecule has 0 fully saturated rings. The minimum atomic E-state index is -0.491. The molecule has 3 rings (SSSR count). The van der Waals surface area contributed by atoms with Gasteiger partial charge in [-0.2, -0.15) is 0 Å². The maximum absolute atomic E-state index is 13.5. The number of hydrogen-bond donors (Lipinski definition) is 2. The molecule has 1 amide bonds. The zero-order valence-electron chi connectivity index (χ0n) is 16.1. The van der Waals surface area contributed by atoms with Crippen molar-refractivity contribution >= 4 is 16.8 Å². The van der Waals surface area contributed by atoms with Gasteiger partial charge in [-0.25, -0.2) is 4.39 Å². The number of carbonyl (C=O) groups is 1. The van der Waals surface area contributed by atoms with Gasteiger partial charge in [0.15, 0.2) is 11.5 Å². The van der Waals surface area contributed by atoms with Crippen LogP contribution in [0.5, 0.6) is 11.5 Å². The zero-order valence-corrected chi connectivity index (χ0v) is 16.1. The van der Waals surface area contributed by atoms with E-state index < -0.39 is 17.3 Å². The predicted octanol–water partition coefficient (Wildman–Crippen LogP) is 3.48. The highest BCUT2D eigenvalue weighted by molar-refractivity contribution is 6.06. The third-order valence-corrected chi connectivity index (χ3v) is 4.70. The number of amides is 1. The van der Waals surface area contributed by atoms with E-state index in [4.69, 9.17) is 9.47 Å². The number of methoxy groups -OCH3 is 2. The van der Waals surface area contributed by atoms with Gasteiger partial charge in [-0.05, 0) is 43.7 Å². The number of halogens is 1. The number of H-pyrrole nitrogens is 1. The Morgan fingerprint density at radius 2 is 1.89 bits per heavy atom. The molecular formula is C21H21FN2O4. The van der Waals surface area contributed by atoms with E-state index in [2.05, 4.69) is 10.3 Å². The summed E-state index contributed by atoms with van der Waals surface area (Å²) in [5, 5.41) is 3.36. The monoisotopic (exact) mass is 384 g/mol. The number of rotatable bonds is 5. The van der Waals surface area contributed by atoms with Gasteiger partial charge in [0.1, 0.15) is 5.82 Å². The Balaban J connectivity index is 1.96. The molecular weight excluding hydrogens is 363 g/mol. The number of pyridine rings is 1. The first-order valence-electron chi connectivity index (χ1n) is 8.70. The summed E-state index contributed by atoms with van der Waals surface area (Å²) in [6.45, 7) is 3.71. The summed E-state index contributed by atoms with van der Waals surface area (Å²) in [5.74, 6) is 0.280. The van der Waals surface area contributed by atoms with Crippen molar-refractivity contribution in [2.75, 3.05) is 14.2 Å². The number of aromatic nitrogens is 1. The molecule has 0 saturated heterocycles. The van der Waals surface area contributed by atoms with Gasteiger partial charge in [-0.3, -0.25) is 9.59 Å². The second kappa shape index (κ2) is 7.72. The molecule has 0 aliphatic rings. The first kappa shape index (κ1) is 19.4. The Morgan fingerprint density at radius 3 is 2.57 bits per heavy atom. The van der Waals surface area contributed by atoms with Crippen molar-refractivity contribution in [3.05, 3.63) is 69.3 Å². The lowest BCUT2D eigenvalue weighted by molar-refractivity contribution is 0.0941. The van der Waals surface area contributed by atoms with Gasteiger partial charge in [0.05, 0.1) is 31.3 Å². The van der Waals surface area contributed by atoms with Crippen molar-refractivity contribution in [1.82, 2.24) is 10.3 Å². The molecule has 3 aromatic rings. The van der Waals surface area contributed by atoms with Crippen molar-refractivity contribution in [3.63, 3.8) is 0 Å². The van der Waals surface area contributed by atoms with E-state index in [1.54, 1.807) is 20.3 Å². The number of aromatic amines is 1. The van der Waals surface area contributed by atoms with Gasteiger partial charge in [0, 0.05) is 17.0 Å². The van der Waals surface area contributed by atoms with Crippen LogP contribution in [0.1, 0.15) is 34.5 Å². The number of hydrogen-bond acceptors (Lipinski definition) is 4.